The van der Waals surface area contributed by atoms with Crippen molar-refractivity contribution in [3.8, 4) is 12.1 Å². The summed E-state index contributed by atoms with van der Waals surface area (Å²) < 4.78 is 6.39. The second-order valence-corrected chi connectivity index (χ2v) is 11.0. The third-order valence-electron chi connectivity index (χ3n) is 3.81. The van der Waals surface area contributed by atoms with E-state index in [4.69, 9.17) is 4.43 Å². The van der Waals surface area contributed by atoms with E-state index in [9.17, 15) is 10.5 Å². The number of hydrogen-bond donors (Lipinski definition) is 0. The van der Waals surface area contributed by atoms with Gasteiger partial charge < -0.3 is 4.43 Å². The van der Waals surface area contributed by atoms with Crippen molar-refractivity contribution >= 4 is 8.32 Å². The van der Waals surface area contributed by atoms with Crippen molar-refractivity contribution in [1.82, 2.24) is 0 Å². The molecular formula is C16H20N2OSi. The molecule has 0 amide bonds. The largest absolute Gasteiger partial charge is 0.407 e. The van der Waals surface area contributed by atoms with E-state index in [0.717, 1.165) is 11.1 Å². The lowest BCUT2D eigenvalue weighted by atomic mass is 9.68. The van der Waals surface area contributed by atoms with Gasteiger partial charge in [-0.1, -0.05) is 24.3 Å². The molecule has 0 bridgehead atoms. The van der Waals surface area contributed by atoms with E-state index in [2.05, 4.69) is 31.8 Å². The first-order chi connectivity index (χ1) is 9.31. The van der Waals surface area contributed by atoms with E-state index in [1.165, 1.54) is 0 Å². The lowest BCUT2D eigenvalue weighted by Gasteiger charge is -2.45. The molecule has 0 radical (unpaired) electrons. The van der Waals surface area contributed by atoms with Gasteiger partial charge in [-0.15, -0.1) is 0 Å². The minimum Gasteiger partial charge on any atom is -0.407 e. The molecule has 1 aromatic rings. The maximum Gasteiger partial charge on any atom is 0.185 e. The first kappa shape index (κ1) is 14.8. The number of benzene rings is 1. The normalized spacial score (nSPS) is 29.1. The van der Waals surface area contributed by atoms with Gasteiger partial charge in [-0.2, -0.15) is 10.5 Å². The van der Waals surface area contributed by atoms with Gasteiger partial charge in [0.2, 0.25) is 0 Å². The highest BCUT2D eigenvalue weighted by molar-refractivity contribution is 6.69. The van der Waals surface area contributed by atoms with Crippen molar-refractivity contribution in [3.63, 3.8) is 0 Å². The number of nitriles is 2. The average Bonchev–Trinajstić information content (AvgIpc) is 2.36. The molecular weight excluding hydrogens is 264 g/mol. The van der Waals surface area contributed by atoms with Gasteiger partial charge in [0.1, 0.15) is 0 Å². The Morgan fingerprint density at radius 1 is 1.20 bits per heavy atom. The van der Waals surface area contributed by atoms with Crippen LogP contribution in [0.1, 0.15) is 18.1 Å². The Morgan fingerprint density at radius 2 is 1.85 bits per heavy atom. The summed E-state index contributed by atoms with van der Waals surface area (Å²) in [6.45, 7) is 8.32. The molecule has 1 aromatic carbocycles. The maximum atomic E-state index is 9.58. The molecule has 3 nitrogen and oxygen atoms in total. The summed E-state index contributed by atoms with van der Waals surface area (Å²) >= 11 is 0. The summed E-state index contributed by atoms with van der Waals surface area (Å²) in [4.78, 5) is 0. The number of rotatable bonds is 2. The Kier molecular flexibility index (Phi) is 3.73. The van der Waals surface area contributed by atoms with Crippen LogP contribution in [0.15, 0.2) is 24.3 Å². The Bertz CT molecular complexity index is 594. The van der Waals surface area contributed by atoms with Crippen molar-refractivity contribution in [3.05, 3.63) is 35.4 Å². The fraction of sp³-hybridized carbons (Fsp3) is 0.500. The minimum absolute atomic E-state index is 0.309. The van der Waals surface area contributed by atoms with Crippen LogP contribution in [0.5, 0.6) is 0 Å². The monoisotopic (exact) mass is 284 g/mol. The average molecular weight is 284 g/mol. The molecule has 1 aliphatic carbocycles. The number of nitrogens with zero attached hydrogens (tertiary/aromatic N) is 2. The van der Waals surface area contributed by atoms with Crippen LogP contribution in [0, 0.1) is 34.5 Å². The molecule has 0 saturated carbocycles. The van der Waals surface area contributed by atoms with Crippen molar-refractivity contribution in [2.24, 2.45) is 11.8 Å². The summed E-state index contributed by atoms with van der Waals surface area (Å²) in [6.07, 6.45) is 0.634. The van der Waals surface area contributed by atoms with E-state index >= 15 is 0 Å². The summed E-state index contributed by atoms with van der Waals surface area (Å²) in [5.41, 5.74) is 1.51. The van der Waals surface area contributed by atoms with Gasteiger partial charge in [-0.05, 0) is 44.1 Å². The van der Waals surface area contributed by atoms with Crippen LogP contribution in [0.25, 0.3) is 0 Å². The molecule has 4 heteroatoms. The van der Waals surface area contributed by atoms with E-state index in [0.29, 0.717) is 6.42 Å². The second kappa shape index (κ2) is 5.05. The third-order valence-corrected chi connectivity index (χ3v) is 4.85. The minimum atomic E-state index is -1.85. The van der Waals surface area contributed by atoms with E-state index in [1.807, 2.05) is 31.2 Å². The van der Waals surface area contributed by atoms with Crippen molar-refractivity contribution in [2.75, 3.05) is 0 Å². The third kappa shape index (κ3) is 2.50. The molecule has 0 N–H and O–H groups in total. The smallest absolute Gasteiger partial charge is 0.185 e. The van der Waals surface area contributed by atoms with Gasteiger partial charge in [0, 0.05) is 0 Å². The molecule has 0 spiro atoms. The summed E-state index contributed by atoms with van der Waals surface area (Å²) in [6, 6.07) is 12.7. The topological polar surface area (TPSA) is 56.8 Å². The van der Waals surface area contributed by atoms with Crippen molar-refractivity contribution < 1.29 is 4.43 Å². The number of fused-ring (bicyclic) bond motifs is 1. The molecule has 0 saturated heterocycles. The quantitative estimate of drug-likeness (QED) is 0.780. The molecule has 0 fully saturated rings. The zero-order chi connectivity index (χ0) is 15.0. The predicted molar refractivity (Wildman–Crippen MR) is 80.1 cm³/mol. The fourth-order valence-electron chi connectivity index (χ4n) is 3.18. The Labute approximate surface area is 121 Å². The first-order valence-corrected chi connectivity index (χ1v) is 10.3. The highest BCUT2D eigenvalue weighted by atomic mass is 28.4. The SMILES string of the molecule is C[C@]1(O[Si](C)(C)C)c2ccccc2C[C@@H](C#N)[C@@H]1C#N. The Balaban J connectivity index is 2.60. The molecule has 20 heavy (non-hydrogen) atoms. The highest BCUT2D eigenvalue weighted by Gasteiger charge is 2.48. The second-order valence-electron chi connectivity index (χ2n) is 6.53. The summed E-state index contributed by atoms with van der Waals surface area (Å²) in [5.74, 6) is -0.731. The van der Waals surface area contributed by atoms with Gasteiger partial charge in [0.25, 0.3) is 0 Å². The van der Waals surface area contributed by atoms with Crippen LogP contribution >= 0.6 is 0 Å². The molecule has 2 rings (SSSR count). The van der Waals surface area contributed by atoms with Crippen LogP contribution in [-0.2, 0) is 16.4 Å². The lowest BCUT2D eigenvalue weighted by molar-refractivity contribution is 0.0119. The van der Waals surface area contributed by atoms with E-state index in [1.54, 1.807) is 0 Å². The Hall–Kier alpha value is -1.62. The highest BCUT2D eigenvalue weighted by Crippen LogP contribution is 2.46. The van der Waals surface area contributed by atoms with Gasteiger partial charge in [0.05, 0.1) is 29.6 Å². The van der Waals surface area contributed by atoms with Crippen LogP contribution in [0.3, 0.4) is 0 Å². The Morgan fingerprint density at radius 3 is 2.40 bits per heavy atom. The standard InChI is InChI=1S/C16H20N2OSi/c1-16(19-20(2,3)4)14-8-6-5-7-12(14)9-13(10-17)15(16)11-18/h5-8,13,15H,9H2,1-4H3/t13-,15-,16-/m0/s1. The van der Waals surface area contributed by atoms with Crippen molar-refractivity contribution in [2.45, 2.75) is 38.6 Å². The number of hydrogen-bond acceptors (Lipinski definition) is 3. The maximum absolute atomic E-state index is 9.58. The molecule has 1 aliphatic rings. The summed E-state index contributed by atoms with van der Waals surface area (Å²) in [5, 5.41) is 19.0. The fourth-order valence-corrected chi connectivity index (χ4v) is 4.69. The zero-order valence-electron chi connectivity index (χ0n) is 12.5. The lowest BCUT2D eigenvalue weighted by Crippen LogP contribution is -2.48. The molecule has 0 heterocycles. The molecule has 0 aromatic heterocycles. The van der Waals surface area contributed by atoms with E-state index < -0.39 is 19.8 Å². The predicted octanol–water partition coefficient (Wildman–Crippen LogP) is 3.59. The van der Waals surface area contributed by atoms with E-state index in [-0.39, 0.29) is 5.92 Å². The van der Waals surface area contributed by atoms with Gasteiger partial charge in [0.15, 0.2) is 8.32 Å². The summed E-state index contributed by atoms with van der Waals surface area (Å²) in [7, 11) is -1.85. The molecule has 0 aliphatic heterocycles. The van der Waals surface area contributed by atoms with Crippen LogP contribution in [0.2, 0.25) is 19.6 Å². The zero-order valence-corrected chi connectivity index (χ0v) is 13.5. The first-order valence-electron chi connectivity index (χ1n) is 6.89. The molecule has 104 valence electrons. The van der Waals surface area contributed by atoms with Crippen LogP contribution < -0.4 is 0 Å². The van der Waals surface area contributed by atoms with Crippen LogP contribution in [-0.4, -0.2) is 8.32 Å². The van der Waals surface area contributed by atoms with Gasteiger partial charge in [-0.3, -0.25) is 0 Å². The van der Waals surface area contributed by atoms with Crippen molar-refractivity contribution in [1.29, 1.82) is 10.5 Å². The van der Waals surface area contributed by atoms with Crippen LogP contribution in [0.4, 0.5) is 0 Å². The van der Waals surface area contributed by atoms with Gasteiger partial charge in [-0.25, -0.2) is 0 Å². The van der Waals surface area contributed by atoms with Gasteiger partial charge >= 0.3 is 0 Å². The molecule has 0 unspecified atom stereocenters. The molecule has 3 atom stereocenters.